The molecule has 0 amide bonds. The summed E-state index contributed by atoms with van der Waals surface area (Å²) >= 11 is 0. The van der Waals surface area contributed by atoms with E-state index in [9.17, 15) is 4.79 Å². The Kier molecular flexibility index (Phi) is 4.10. The molecular formula is C13H16O2. The normalized spacial score (nSPS) is 11.8. The zero-order chi connectivity index (χ0) is 11.3. The Hall–Kier alpha value is -1.57. The zero-order valence-electron chi connectivity index (χ0n) is 9.10. The van der Waals surface area contributed by atoms with Crippen LogP contribution in [0, 0.1) is 5.92 Å². The first kappa shape index (κ1) is 11.5. The maximum absolute atomic E-state index is 11.0. The number of allylic oxidation sites excluding steroid dienone is 1. The van der Waals surface area contributed by atoms with E-state index in [1.54, 1.807) is 6.08 Å². The first-order valence-corrected chi connectivity index (χ1v) is 5.07. The van der Waals surface area contributed by atoms with E-state index in [0.29, 0.717) is 12.0 Å². The molecule has 0 bridgehead atoms. The fraction of sp³-hybridized carbons (Fsp3) is 0.308. The molecule has 0 aliphatic carbocycles. The van der Waals surface area contributed by atoms with Gasteiger partial charge in [-0.1, -0.05) is 50.3 Å². The van der Waals surface area contributed by atoms with Crippen LogP contribution >= 0.6 is 0 Å². The van der Waals surface area contributed by atoms with Gasteiger partial charge in [0, 0.05) is 12.0 Å². The van der Waals surface area contributed by atoms with Gasteiger partial charge in [0.2, 0.25) is 0 Å². The smallest absolute Gasteiger partial charge is 0.331 e. The number of hydrogen-bond donors (Lipinski definition) is 1. The lowest BCUT2D eigenvalue weighted by Gasteiger charge is -2.04. The molecule has 0 aliphatic rings. The van der Waals surface area contributed by atoms with Crippen LogP contribution in [0.1, 0.15) is 19.4 Å². The SMILES string of the molecule is CC(C)/C=C(\Cc1ccccc1)C(=O)O. The molecule has 0 aliphatic heterocycles. The molecule has 1 rings (SSSR count). The number of benzene rings is 1. The van der Waals surface area contributed by atoms with Gasteiger partial charge in [0.1, 0.15) is 0 Å². The second-order valence-electron chi connectivity index (χ2n) is 3.90. The Labute approximate surface area is 90.3 Å². The molecule has 0 aromatic heterocycles. The largest absolute Gasteiger partial charge is 0.478 e. The van der Waals surface area contributed by atoms with Gasteiger partial charge < -0.3 is 5.11 Å². The van der Waals surface area contributed by atoms with Gasteiger partial charge in [-0.15, -0.1) is 0 Å². The fourth-order valence-corrected chi connectivity index (χ4v) is 1.42. The van der Waals surface area contributed by atoms with Gasteiger partial charge >= 0.3 is 5.97 Å². The number of aliphatic carboxylic acids is 1. The molecule has 0 atom stereocenters. The first-order chi connectivity index (χ1) is 7.09. The predicted octanol–water partition coefficient (Wildman–Crippen LogP) is 2.90. The fourth-order valence-electron chi connectivity index (χ4n) is 1.42. The third-order valence-electron chi connectivity index (χ3n) is 2.05. The number of carboxylic acid groups (broad SMARTS) is 1. The van der Waals surface area contributed by atoms with Crippen molar-refractivity contribution in [3.63, 3.8) is 0 Å². The van der Waals surface area contributed by atoms with Gasteiger partial charge in [-0.2, -0.15) is 0 Å². The van der Waals surface area contributed by atoms with Crippen LogP contribution < -0.4 is 0 Å². The molecule has 1 aromatic rings. The van der Waals surface area contributed by atoms with Crippen molar-refractivity contribution in [2.75, 3.05) is 0 Å². The van der Waals surface area contributed by atoms with Crippen molar-refractivity contribution < 1.29 is 9.90 Å². The average Bonchev–Trinajstić information content (AvgIpc) is 2.17. The molecule has 0 heterocycles. The summed E-state index contributed by atoms with van der Waals surface area (Å²) in [7, 11) is 0. The molecule has 1 N–H and O–H groups in total. The highest BCUT2D eigenvalue weighted by atomic mass is 16.4. The van der Waals surface area contributed by atoms with Gasteiger partial charge in [0.25, 0.3) is 0 Å². The van der Waals surface area contributed by atoms with Gasteiger partial charge in [-0.25, -0.2) is 4.79 Å². The maximum atomic E-state index is 11.0. The summed E-state index contributed by atoms with van der Waals surface area (Å²) in [5, 5.41) is 9.02. The van der Waals surface area contributed by atoms with Gasteiger partial charge in [0.05, 0.1) is 0 Å². The molecular weight excluding hydrogens is 188 g/mol. The summed E-state index contributed by atoms with van der Waals surface area (Å²) in [6, 6.07) is 9.65. The lowest BCUT2D eigenvalue weighted by molar-refractivity contribution is -0.132. The molecule has 0 spiro atoms. The summed E-state index contributed by atoms with van der Waals surface area (Å²) < 4.78 is 0. The first-order valence-electron chi connectivity index (χ1n) is 5.07. The van der Waals surface area contributed by atoms with E-state index in [1.807, 2.05) is 44.2 Å². The van der Waals surface area contributed by atoms with E-state index >= 15 is 0 Å². The number of hydrogen-bond acceptors (Lipinski definition) is 1. The second-order valence-corrected chi connectivity index (χ2v) is 3.90. The van der Waals surface area contributed by atoms with Gasteiger partial charge in [-0.05, 0) is 11.5 Å². The van der Waals surface area contributed by atoms with Crippen molar-refractivity contribution in [3.05, 3.63) is 47.5 Å². The molecule has 0 saturated carbocycles. The second kappa shape index (κ2) is 5.35. The number of carboxylic acids is 1. The molecule has 1 aromatic carbocycles. The summed E-state index contributed by atoms with van der Waals surface area (Å²) in [5.74, 6) is -0.563. The van der Waals surface area contributed by atoms with Crippen LogP contribution in [0.5, 0.6) is 0 Å². The highest BCUT2D eigenvalue weighted by molar-refractivity contribution is 5.87. The minimum absolute atomic E-state index is 0.264. The van der Waals surface area contributed by atoms with E-state index in [4.69, 9.17) is 5.11 Å². The van der Waals surface area contributed by atoms with Crippen LogP contribution in [0.25, 0.3) is 0 Å². The van der Waals surface area contributed by atoms with Crippen LogP contribution in [0.4, 0.5) is 0 Å². The molecule has 0 saturated heterocycles. The molecule has 0 unspecified atom stereocenters. The van der Waals surface area contributed by atoms with Crippen molar-refractivity contribution in [2.24, 2.45) is 5.92 Å². The average molecular weight is 204 g/mol. The Morgan fingerprint density at radius 2 is 1.93 bits per heavy atom. The Balaban J connectivity index is 2.81. The molecule has 80 valence electrons. The highest BCUT2D eigenvalue weighted by Gasteiger charge is 2.08. The van der Waals surface area contributed by atoms with Gasteiger partial charge in [-0.3, -0.25) is 0 Å². The molecule has 2 nitrogen and oxygen atoms in total. The Morgan fingerprint density at radius 1 is 1.33 bits per heavy atom. The zero-order valence-corrected chi connectivity index (χ0v) is 9.10. The van der Waals surface area contributed by atoms with Crippen LogP contribution in [-0.2, 0) is 11.2 Å². The Morgan fingerprint density at radius 3 is 2.40 bits per heavy atom. The molecule has 2 heteroatoms. The summed E-state index contributed by atoms with van der Waals surface area (Å²) in [6.07, 6.45) is 2.30. The van der Waals surface area contributed by atoms with Crippen molar-refractivity contribution >= 4 is 5.97 Å². The summed E-state index contributed by atoms with van der Waals surface area (Å²) in [6.45, 7) is 3.96. The van der Waals surface area contributed by atoms with E-state index in [-0.39, 0.29) is 5.92 Å². The lowest BCUT2D eigenvalue weighted by Crippen LogP contribution is -2.05. The highest BCUT2D eigenvalue weighted by Crippen LogP contribution is 2.10. The minimum atomic E-state index is -0.826. The van der Waals surface area contributed by atoms with Crippen molar-refractivity contribution in [3.8, 4) is 0 Å². The van der Waals surface area contributed by atoms with Crippen LogP contribution in [-0.4, -0.2) is 11.1 Å². The van der Waals surface area contributed by atoms with Crippen molar-refractivity contribution in [1.29, 1.82) is 0 Å². The van der Waals surface area contributed by atoms with E-state index in [2.05, 4.69) is 0 Å². The standard InChI is InChI=1S/C13H16O2/c1-10(2)8-12(13(14)15)9-11-6-4-3-5-7-11/h3-8,10H,9H2,1-2H3,(H,14,15)/b12-8+. The Bertz CT molecular complexity index is 350. The summed E-state index contributed by atoms with van der Waals surface area (Å²) in [5.41, 5.74) is 1.50. The quantitative estimate of drug-likeness (QED) is 0.766. The lowest BCUT2D eigenvalue weighted by atomic mass is 10.0. The third kappa shape index (κ3) is 3.98. The van der Waals surface area contributed by atoms with E-state index < -0.39 is 5.97 Å². The van der Waals surface area contributed by atoms with Crippen LogP contribution in [0.2, 0.25) is 0 Å². The monoisotopic (exact) mass is 204 g/mol. The molecule has 15 heavy (non-hydrogen) atoms. The topological polar surface area (TPSA) is 37.3 Å². The van der Waals surface area contributed by atoms with E-state index in [0.717, 1.165) is 5.56 Å². The number of rotatable bonds is 4. The predicted molar refractivity (Wildman–Crippen MR) is 60.7 cm³/mol. The molecule has 0 radical (unpaired) electrons. The minimum Gasteiger partial charge on any atom is -0.478 e. The third-order valence-corrected chi connectivity index (χ3v) is 2.05. The van der Waals surface area contributed by atoms with Crippen LogP contribution in [0.3, 0.4) is 0 Å². The maximum Gasteiger partial charge on any atom is 0.331 e. The van der Waals surface area contributed by atoms with Gasteiger partial charge in [0.15, 0.2) is 0 Å². The number of carbonyl (C=O) groups is 1. The summed E-state index contributed by atoms with van der Waals surface area (Å²) in [4.78, 5) is 11.0. The van der Waals surface area contributed by atoms with E-state index in [1.165, 1.54) is 0 Å². The van der Waals surface area contributed by atoms with Crippen molar-refractivity contribution in [1.82, 2.24) is 0 Å². The van der Waals surface area contributed by atoms with Crippen molar-refractivity contribution in [2.45, 2.75) is 20.3 Å². The molecule has 0 fully saturated rings. The van der Waals surface area contributed by atoms with Crippen LogP contribution in [0.15, 0.2) is 42.0 Å².